The maximum absolute atomic E-state index is 14.5. The van der Waals surface area contributed by atoms with Crippen LogP contribution in [0.3, 0.4) is 0 Å². The molecular formula is C32H35F3N2O7S. The Labute approximate surface area is 260 Å². The molecule has 45 heavy (non-hydrogen) atoms. The van der Waals surface area contributed by atoms with Crippen molar-refractivity contribution in [3.63, 3.8) is 0 Å². The fraction of sp³-hybridized carbons (Fsp3) is 0.375. The minimum absolute atomic E-state index is 0.00245. The van der Waals surface area contributed by atoms with Gasteiger partial charge in [0, 0.05) is 25.6 Å². The molecule has 0 unspecified atom stereocenters. The lowest BCUT2D eigenvalue weighted by Gasteiger charge is -2.30. The van der Waals surface area contributed by atoms with E-state index in [2.05, 4.69) is 0 Å². The molecule has 0 saturated carbocycles. The molecule has 1 aliphatic heterocycles. The number of anilines is 1. The molecule has 1 amide bonds. The van der Waals surface area contributed by atoms with Crippen molar-refractivity contribution in [3.8, 4) is 5.75 Å². The van der Waals surface area contributed by atoms with E-state index in [-0.39, 0.29) is 48.2 Å². The number of hydrogen-bond donors (Lipinski definition) is 1. The Morgan fingerprint density at radius 2 is 1.73 bits per heavy atom. The van der Waals surface area contributed by atoms with Crippen molar-refractivity contribution in [3.05, 3.63) is 89.7 Å². The van der Waals surface area contributed by atoms with Gasteiger partial charge >= 0.3 is 6.09 Å². The van der Waals surface area contributed by atoms with Crippen LogP contribution in [0.15, 0.2) is 71.6 Å². The highest BCUT2D eigenvalue weighted by Gasteiger charge is 2.39. The van der Waals surface area contributed by atoms with Crippen molar-refractivity contribution >= 4 is 27.6 Å². The van der Waals surface area contributed by atoms with Gasteiger partial charge in [0.05, 0.1) is 30.3 Å². The van der Waals surface area contributed by atoms with Crippen LogP contribution in [-0.4, -0.2) is 68.7 Å². The van der Waals surface area contributed by atoms with Crippen LogP contribution in [0.2, 0.25) is 0 Å². The van der Waals surface area contributed by atoms with Gasteiger partial charge in [-0.2, -0.15) is 4.31 Å². The number of benzene rings is 3. The number of nitrogens with zero attached hydrogens (tertiary/aromatic N) is 2. The first kappa shape index (κ1) is 33.9. The fourth-order valence-corrected chi connectivity index (χ4v) is 6.77. The molecule has 1 saturated heterocycles. The number of cyclic esters (lactones) is 1. The lowest BCUT2D eigenvalue weighted by molar-refractivity contribution is -0.127. The van der Waals surface area contributed by atoms with E-state index in [0.29, 0.717) is 0 Å². The van der Waals surface area contributed by atoms with Crippen LogP contribution >= 0.6 is 0 Å². The number of halogens is 3. The number of hydrogen-bond acceptors (Lipinski definition) is 7. The number of Topliss-reactive ketones (excluding diaryl/α,β-unsaturated/α-hetero) is 1. The lowest BCUT2D eigenvalue weighted by Crippen LogP contribution is -2.43. The van der Waals surface area contributed by atoms with E-state index in [4.69, 9.17) is 9.47 Å². The number of aliphatic hydroxyl groups excluding tert-OH is 1. The summed E-state index contributed by atoms with van der Waals surface area (Å²) in [6.07, 6.45) is -3.63. The summed E-state index contributed by atoms with van der Waals surface area (Å²) < 4.78 is 80.2. The second-order valence-electron chi connectivity index (χ2n) is 11.3. The average Bonchev–Trinajstić information content (AvgIpc) is 3.39. The molecule has 0 radical (unpaired) electrons. The molecule has 0 bridgehead atoms. The zero-order valence-corrected chi connectivity index (χ0v) is 25.8. The summed E-state index contributed by atoms with van der Waals surface area (Å²) in [5.74, 6) is -4.76. The summed E-state index contributed by atoms with van der Waals surface area (Å²) in [5.41, 5.74) is 0.788. The van der Waals surface area contributed by atoms with Gasteiger partial charge in [0.25, 0.3) is 0 Å². The van der Waals surface area contributed by atoms with E-state index in [1.54, 1.807) is 44.2 Å². The SMILES string of the molecule is COc1ccc(S(=O)(=O)N(CC(C)C)C[C@@H](O)[C@@H](CC(=O)[C@@H]2CN(c3ccc(F)c(F)c3)C(=O)O2)Cc2ccccc2)cc1F. The van der Waals surface area contributed by atoms with Crippen LogP contribution in [0.1, 0.15) is 25.8 Å². The van der Waals surface area contributed by atoms with Crippen molar-refractivity contribution in [2.45, 2.75) is 43.8 Å². The number of sulfonamides is 1. The number of methoxy groups -OCH3 is 1. The van der Waals surface area contributed by atoms with Gasteiger partial charge in [-0.05, 0) is 54.2 Å². The number of ether oxygens (including phenoxy) is 2. The van der Waals surface area contributed by atoms with Crippen molar-refractivity contribution in [1.82, 2.24) is 4.31 Å². The normalized spacial score (nSPS) is 16.6. The van der Waals surface area contributed by atoms with Crippen LogP contribution in [0.5, 0.6) is 5.75 Å². The highest BCUT2D eigenvalue weighted by Crippen LogP contribution is 2.28. The molecule has 13 heteroatoms. The maximum atomic E-state index is 14.5. The first-order valence-corrected chi connectivity index (χ1v) is 15.8. The Bertz CT molecular complexity index is 1620. The number of carbonyl (C=O) groups excluding carboxylic acids is 2. The first-order chi connectivity index (χ1) is 21.3. The minimum atomic E-state index is -4.28. The van der Waals surface area contributed by atoms with Crippen LogP contribution in [0.4, 0.5) is 23.7 Å². The fourth-order valence-electron chi connectivity index (χ4n) is 5.14. The Kier molecular flexibility index (Phi) is 10.9. The number of aliphatic hydroxyl groups is 1. The van der Waals surface area contributed by atoms with Crippen LogP contribution in [0, 0.1) is 29.3 Å². The molecule has 3 atom stereocenters. The van der Waals surface area contributed by atoms with E-state index in [1.807, 2.05) is 0 Å². The zero-order valence-electron chi connectivity index (χ0n) is 25.0. The Morgan fingerprint density at radius 3 is 2.36 bits per heavy atom. The first-order valence-electron chi connectivity index (χ1n) is 14.3. The van der Waals surface area contributed by atoms with Crippen molar-refractivity contribution in [2.24, 2.45) is 11.8 Å². The maximum Gasteiger partial charge on any atom is 0.415 e. The van der Waals surface area contributed by atoms with Crippen LogP contribution in [0.25, 0.3) is 0 Å². The van der Waals surface area contributed by atoms with E-state index >= 15 is 0 Å². The molecule has 0 aromatic heterocycles. The van der Waals surface area contributed by atoms with Gasteiger partial charge in [0.1, 0.15) is 0 Å². The molecule has 1 heterocycles. The van der Waals surface area contributed by atoms with Crippen LogP contribution in [-0.2, 0) is 26.0 Å². The molecule has 1 N–H and O–H groups in total. The number of carbonyl (C=O) groups is 2. The molecule has 4 rings (SSSR count). The minimum Gasteiger partial charge on any atom is -0.494 e. The van der Waals surface area contributed by atoms with E-state index in [0.717, 1.165) is 33.0 Å². The largest absolute Gasteiger partial charge is 0.494 e. The third kappa shape index (κ3) is 8.21. The second kappa shape index (κ2) is 14.4. The predicted molar refractivity (Wildman–Crippen MR) is 160 cm³/mol. The van der Waals surface area contributed by atoms with Crippen molar-refractivity contribution in [2.75, 3.05) is 31.6 Å². The second-order valence-corrected chi connectivity index (χ2v) is 13.2. The molecule has 1 aliphatic rings. The molecular weight excluding hydrogens is 613 g/mol. The third-order valence-electron chi connectivity index (χ3n) is 7.45. The summed E-state index contributed by atoms with van der Waals surface area (Å²) in [4.78, 5) is 26.7. The third-order valence-corrected chi connectivity index (χ3v) is 9.28. The molecule has 9 nitrogen and oxygen atoms in total. The molecule has 1 fully saturated rings. The summed E-state index contributed by atoms with van der Waals surface area (Å²) in [5, 5.41) is 11.5. The van der Waals surface area contributed by atoms with Crippen molar-refractivity contribution < 1.29 is 45.8 Å². The van der Waals surface area contributed by atoms with Gasteiger partial charge < -0.3 is 14.6 Å². The number of rotatable bonds is 14. The van der Waals surface area contributed by atoms with E-state index < -0.39 is 64.0 Å². The summed E-state index contributed by atoms with van der Waals surface area (Å²) in [6.45, 7) is 2.93. The van der Waals surface area contributed by atoms with Gasteiger partial charge in [0.2, 0.25) is 10.0 Å². The average molecular weight is 649 g/mol. The highest BCUT2D eigenvalue weighted by molar-refractivity contribution is 7.89. The Balaban J connectivity index is 1.56. The van der Waals surface area contributed by atoms with Crippen molar-refractivity contribution in [1.29, 1.82) is 0 Å². The summed E-state index contributed by atoms with van der Waals surface area (Å²) in [7, 11) is -3.02. The standard InChI is InChI=1S/C32H35F3N2O7S/c1-20(2)17-36(45(41,42)24-10-12-30(43-3)27(35)16-24)18-29(39)22(13-21-7-5-4-6-8-21)14-28(38)31-19-37(32(40)44-31)23-9-11-25(33)26(34)15-23/h4-12,15-16,20,22,29,31,39H,13-14,17-19H2,1-3H3/t22-,29-,31+/m1/s1. The van der Waals surface area contributed by atoms with Gasteiger partial charge in [-0.1, -0.05) is 44.2 Å². The van der Waals surface area contributed by atoms with Gasteiger partial charge in [0.15, 0.2) is 35.1 Å². The lowest BCUT2D eigenvalue weighted by atomic mass is 9.88. The molecule has 0 spiro atoms. The van der Waals surface area contributed by atoms with Gasteiger partial charge in [-0.3, -0.25) is 9.69 Å². The van der Waals surface area contributed by atoms with E-state index in [1.165, 1.54) is 25.3 Å². The Morgan fingerprint density at radius 1 is 1.02 bits per heavy atom. The molecule has 3 aromatic rings. The topological polar surface area (TPSA) is 113 Å². The highest BCUT2D eigenvalue weighted by atomic mass is 32.2. The Hall–Kier alpha value is -3.94. The van der Waals surface area contributed by atoms with E-state index in [9.17, 15) is 36.3 Å². The summed E-state index contributed by atoms with van der Waals surface area (Å²) in [6, 6.07) is 15.1. The van der Waals surface area contributed by atoms with Crippen LogP contribution < -0.4 is 9.64 Å². The monoisotopic (exact) mass is 648 g/mol. The summed E-state index contributed by atoms with van der Waals surface area (Å²) >= 11 is 0. The predicted octanol–water partition coefficient (Wildman–Crippen LogP) is 4.96. The quantitative estimate of drug-likeness (QED) is 0.263. The number of ketones is 1. The smallest absolute Gasteiger partial charge is 0.415 e. The molecule has 3 aromatic carbocycles. The van der Waals surface area contributed by atoms with Gasteiger partial charge in [-0.15, -0.1) is 0 Å². The molecule has 0 aliphatic carbocycles. The zero-order chi connectivity index (χ0) is 32.9. The molecule has 242 valence electrons. The van der Waals surface area contributed by atoms with Gasteiger partial charge in [-0.25, -0.2) is 26.4 Å². The number of amides is 1.